The molecule has 2 heteroatoms. The molecule has 0 saturated heterocycles. The molecule has 0 aromatic rings. The van der Waals surface area contributed by atoms with Crippen LogP contribution in [0.4, 0.5) is 0 Å². The maximum Gasteiger partial charge on any atom is 0.00922 e. The zero-order valence-electron chi connectivity index (χ0n) is 10.8. The molecule has 1 aliphatic rings. The van der Waals surface area contributed by atoms with E-state index in [1.807, 2.05) is 0 Å². The summed E-state index contributed by atoms with van der Waals surface area (Å²) >= 11 is 0. The molecular formula is C13H28N2. The van der Waals surface area contributed by atoms with Crippen molar-refractivity contribution in [1.29, 1.82) is 0 Å². The van der Waals surface area contributed by atoms with Crippen molar-refractivity contribution in [2.75, 3.05) is 26.7 Å². The van der Waals surface area contributed by atoms with E-state index >= 15 is 0 Å². The molecule has 0 aliphatic heterocycles. The average molecular weight is 212 g/mol. The smallest absolute Gasteiger partial charge is 0.00922 e. The van der Waals surface area contributed by atoms with Crippen molar-refractivity contribution in [3.8, 4) is 0 Å². The summed E-state index contributed by atoms with van der Waals surface area (Å²) in [6.45, 7) is 8.12. The largest absolute Gasteiger partial charge is 0.316 e. The molecule has 1 fully saturated rings. The second kappa shape index (κ2) is 7.24. The highest BCUT2D eigenvalue weighted by Crippen LogP contribution is 2.22. The van der Waals surface area contributed by atoms with Crippen molar-refractivity contribution in [3.63, 3.8) is 0 Å². The molecule has 0 amide bonds. The van der Waals surface area contributed by atoms with Gasteiger partial charge in [0.25, 0.3) is 0 Å². The van der Waals surface area contributed by atoms with Crippen LogP contribution in [0.25, 0.3) is 0 Å². The van der Waals surface area contributed by atoms with Gasteiger partial charge in [-0.2, -0.15) is 0 Å². The lowest BCUT2D eigenvalue weighted by Gasteiger charge is -2.23. The minimum atomic E-state index is 0.776. The van der Waals surface area contributed by atoms with E-state index < -0.39 is 0 Å². The Morgan fingerprint density at radius 3 is 2.53 bits per heavy atom. The highest BCUT2D eigenvalue weighted by molar-refractivity contribution is 4.75. The fourth-order valence-electron chi connectivity index (χ4n) is 2.37. The number of nitrogens with zero attached hydrogens (tertiary/aromatic N) is 1. The van der Waals surface area contributed by atoms with E-state index in [0.717, 1.165) is 18.5 Å². The van der Waals surface area contributed by atoms with E-state index in [9.17, 15) is 0 Å². The van der Waals surface area contributed by atoms with Gasteiger partial charge in [-0.3, -0.25) is 0 Å². The second-order valence-corrected chi connectivity index (χ2v) is 5.37. The Morgan fingerprint density at radius 1 is 1.27 bits per heavy atom. The topological polar surface area (TPSA) is 15.3 Å². The molecule has 0 aromatic carbocycles. The summed E-state index contributed by atoms with van der Waals surface area (Å²) in [6, 6.07) is 0.884. The Balaban J connectivity index is 1.94. The summed E-state index contributed by atoms with van der Waals surface area (Å²) in [4.78, 5) is 2.56. The average Bonchev–Trinajstić information content (AvgIpc) is 2.69. The third-order valence-electron chi connectivity index (χ3n) is 3.37. The fourth-order valence-corrected chi connectivity index (χ4v) is 2.37. The van der Waals surface area contributed by atoms with Crippen LogP contribution in [-0.2, 0) is 0 Å². The summed E-state index contributed by atoms with van der Waals surface area (Å²) < 4.78 is 0. The van der Waals surface area contributed by atoms with Crippen molar-refractivity contribution in [3.05, 3.63) is 0 Å². The number of nitrogens with one attached hydrogen (secondary N) is 1. The lowest BCUT2D eigenvalue weighted by molar-refractivity contribution is 0.241. The third-order valence-corrected chi connectivity index (χ3v) is 3.37. The molecule has 0 unspecified atom stereocenters. The maximum absolute atomic E-state index is 3.50. The number of rotatable bonds is 7. The highest BCUT2D eigenvalue weighted by Gasteiger charge is 2.18. The first-order valence-corrected chi connectivity index (χ1v) is 6.61. The van der Waals surface area contributed by atoms with E-state index in [1.165, 1.54) is 45.2 Å². The quantitative estimate of drug-likeness (QED) is 0.652. The molecule has 0 spiro atoms. The van der Waals surface area contributed by atoms with Crippen LogP contribution >= 0.6 is 0 Å². The Morgan fingerprint density at radius 2 is 1.93 bits per heavy atom. The second-order valence-electron chi connectivity index (χ2n) is 5.37. The number of hydrogen-bond acceptors (Lipinski definition) is 2. The molecule has 90 valence electrons. The van der Waals surface area contributed by atoms with Crippen LogP contribution in [0.3, 0.4) is 0 Å². The maximum atomic E-state index is 3.50. The first-order valence-electron chi connectivity index (χ1n) is 6.61. The minimum absolute atomic E-state index is 0.776. The zero-order chi connectivity index (χ0) is 11.1. The first-order chi connectivity index (χ1) is 7.20. The van der Waals surface area contributed by atoms with Crippen molar-refractivity contribution in [2.24, 2.45) is 5.92 Å². The molecule has 1 saturated carbocycles. The van der Waals surface area contributed by atoms with Gasteiger partial charge in [0, 0.05) is 6.04 Å². The SMILES string of the molecule is CC(C)CNCCCN(C)C1CCCC1. The molecule has 1 N–H and O–H groups in total. The molecule has 0 heterocycles. The molecule has 0 radical (unpaired) electrons. The fraction of sp³-hybridized carbons (Fsp3) is 1.00. The van der Waals surface area contributed by atoms with Crippen molar-refractivity contribution < 1.29 is 0 Å². The molecule has 0 atom stereocenters. The van der Waals surface area contributed by atoms with Gasteiger partial charge in [0.1, 0.15) is 0 Å². The van der Waals surface area contributed by atoms with Crippen molar-refractivity contribution in [1.82, 2.24) is 10.2 Å². The molecule has 15 heavy (non-hydrogen) atoms. The van der Waals surface area contributed by atoms with Gasteiger partial charge in [0.05, 0.1) is 0 Å². The Hall–Kier alpha value is -0.0800. The highest BCUT2D eigenvalue weighted by atomic mass is 15.1. The summed E-state index contributed by atoms with van der Waals surface area (Å²) in [5.74, 6) is 0.776. The zero-order valence-corrected chi connectivity index (χ0v) is 10.8. The van der Waals surface area contributed by atoms with Crippen LogP contribution in [-0.4, -0.2) is 37.6 Å². The van der Waals surface area contributed by atoms with E-state index in [1.54, 1.807) is 0 Å². The summed E-state index contributed by atoms with van der Waals surface area (Å²) in [7, 11) is 2.29. The van der Waals surface area contributed by atoms with Crippen LogP contribution in [0.5, 0.6) is 0 Å². The third kappa shape index (κ3) is 5.53. The monoisotopic (exact) mass is 212 g/mol. The Labute approximate surface area is 95.4 Å². The van der Waals surface area contributed by atoms with Crippen LogP contribution in [0.15, 0.2) is 0 Å². The van der Waals surface area contributed by atoms with E-state index in [4.69, 9.17) is 0 Å². The predicted octanol–water partition coefficient (Wildman–Crippen LogP) is 2.50. The summed E-state index contributed by atoms with van der Waals surface area (Å²) in [5, 5.41) is 3.50. The van der Waals surface area contributed by atoms with Crippen LogP contribution in [0, 0.1) is 5.92 Å². The lowest BCUT2D eigenvalue weighted by atomic mass is 10.2. The van der Waals surface area contributed by atoms with Crippen LogP contribution in [0.1, 0.15) is 46.0 Å². The molecule has 0 bridgehead atoms. The Bertz CT molecular complexity index is 151. The van der Waals surface area contributed by atoms with Crippen molar-refractivity contribution in [2.45, 2.75) is 52.0 Å². The van der Waals surface area contributed by atoms with Gasteiger partial charge < -0.3 is 10.2 Å². The van der Waals surface area contributed by atoms with E-state index in [2.05, 4.69) is 31.1 Å². The van der Waals surface area contributed by atoms with Gasteiger partial charge >= 0.3 is 0 Å². The van der Waals surface area contributed by atoms with Gasteiger partial charge in [-0.1, -0.05) is 26.7 Å². The molecule has 1 rings (SSSR count). The predicted molar refractivity (Wildman–Crippen MR) is 67.2 cm³/mol. The van der Waals surface area contributed by atoms with Gasteiger partial charge in [0.15, 0.2) is 0 Å². The van der Waals surface area contributed by atoms with Gasteiger partial charge in [-0.15, -0.1) is 0 Å². The van der Waals surface area contributed by atoms with Gasteiger partial charge in [-0.05, 0) is 51.9 Å². The molecule has 2 nitrogen and oxygen atoms in total. The molecule has 0 aromatic heterocycles. The minimum Gasteiger partial charge on any atom is -0.316 e. The summed E-state index contributed by atoms with van der Waals surface area (Å²) in [6.07, 6.45) is 7.03. The van der Waals surface area contributed by atoms with Gasteiger partial charge in [0.2, 0.25) is 0 Å². The first kappa shape index (κ1) is 13.0. The summed E-state index contributed by atoms with van der Waals surface area (Å²) in [5.41, 5.74) is 0. The van der Waals surface area contributed by atoms with E-state index in [0.29, 0.717) is 0 Å². The molecular weight excluding hydrogens is 184 g/mol. The van der Waals surface area contributed by atoms with Gasteiger partial charge in [-0.25, -0.2) is 0 Å². The van der Waals surface area contributed by atoms with Crippen molar-refractivity contribution >= 4 is 0 Å². The van der Waals surface area contributed by atoms with Crippen LogP contribution in [0.2, 0.25) is 0 Å². The van der Waals surface area contributed by atoms with Crippen LogP contribution < -0.4 is 5.32 Å². The lowest BCUT2D eigenvalue weighted by Crippen LogP contribution is -2.32. The standard InChI is InChI=1S/C13H28N2/c1-12(2)11-14-9-6-10-15(3)13-7-4-5-8-13/h12-14H,4-11H2,1-3H3. The molecule has 1 aliphatic carbocycles. The Kier molecular flexibility index (Phi) is 6.26. The number of hydrogen-bond donors (Lipinski definition) is 1. The normalized spacial score (nSPS) is 18.2. The van der Waals surface area contributed by atoms with E-state index in [-0.39, 0.29) is 0 Å².